The number of likely N-dealkylation sites (N-methyl/N-ethyl adjacent to an activating group) is 1. The van der Waals surface area contributed by atoms with E-state index in [9.17, 15) is 14.4 Å². The summed E-state index contributed by atoms with van der Waals surface area (Å²) in [6, 6.07) is 6.18. The first-order valence-corrected chi connectivity index (χ1v) is 11.5. The molecule has 2 fully saturated rings. The number of rotatable bonds is 6. The van der Waals surface area contributed by atoms with Crippen LogP contribution in [0.4, 0.5) is 4.79 Å². The fourth-order valence-corrected chi connectivity index (χ4v) is 4.46. The second kappa shape index (κ2) is 9.50. The minimum atomic E-state index is -0.649. The second-order valence-corrected chi connectivity index (χ2v) is 8.89. The summed E-state index contributed by atoms with van der Waals surface area (Å²) in [6.07, 6.45) is 2.00. The highest BCUT2D eigenvalue weighted by atomic mass is 35.5. The fourth-order valence-electron chi connectivity index (χ4n) is 4.26. The molecule has 1 atom stereocenters. The Morgan fingerprint density at radius 3 is 2.53 bits per heavy atom. The summed E-state index contributed by atoms with van der Waals surface area (Å²) in [5.41, 5.74) is 1.74. The minimum Gasteiger partial charge on any atom is -0.463 e. The summed E-state index contributed by atoms with van der Waals surface area (Å²) in [6.45, 7) is 5.10. The summed E-state index contributed by atoms with van der Waals surface area (Å²) in [5.74, 6) is 0.0134. The molecule has 3 amide bonds. The van der Waals surface area contributed by atoms with Gasteiger partial charge < -0.3 is 15.0 Å². The van der Waals surface area contributed by atoms with Gasteiger partial charge in [0.2, 0.25) is 5.91 Å². The number of piperazine rings is 1. The Hall–Kier alpha value is -2.58. The van der Waals surface area contributed by atoms with Crippen molar-refractivity contribution in [1.82, 2.24) is 20.0 Å². The van der Waals surface area contributed by atoms with Gasteiger partial charge >= 0.3 is 12.0 Å². The zero-order valence-electron chi connectivity index (χ0n) is 18.5. The zero-order valence-corrected chi connectivity index (χ0v) is 19.2. The predicted molar refractivity (Wildman–Crippen MR) is 120 cm³/mol. The third-order valence-corrected chi connectivity index (χ3v) is 6.47. The van der Waals surface area contributed by atoms with Gasteiger partial charge in [-0.1, -0.05) is 23.7 Å². The highest BCUT2D eigenvalue weighted by Gasteiger charge is 2.39. The normalized spacial score (nSPS) is 22.1. The third-order valence-electron chi connectivity index (χ3n) is 6.24. The smallest absolute Gasteiger partial charge is 0.338 e. The molecule has 8 nitrogen and oxygen atoms in total. The molecule has 1 aliphatic carbocycles. The Morgan fingerprint density at radius 2 is 1.91 bits per heavy atom. The Balaban J connectivity index is 1.60. The fraction of sp³-hybridized carbons (Fsp3) is 0.522. The predicted octanol–water partition coefficient (Wildman–Crippen LogP) is 2.41. The molecule has 0 radical (unpaired) electrons. The molecule has 4 rings (SSSR count). The molecule has 9 heteroatoms. The van der Waals surface area contributed by atoms with E-state index in [1.54, 1.807) is 32.2 Å². The molecule has 1 aromatic carbocycles. The molecule has 172 valence electrons. The SMILES string of the molecule is CCOC(=O)C1=C(CN2CCN(C(=O)C3CC3)CC2)N(C)C(=O)NC1c1cccc(Cl)c1. The van der Waals surface area contributed by atoms with Crippen LogP contribution in [0.1, 0.15) is 31.4 Å². The van der Waals surface area contributed by atoms with Gasteiger partial charge in [0, 0.05) is 56.4 Å². The van der Waals surface area contributed by atoms with Crippen molar-refractivity contribution in [3.63, 3.8) is 0 Å². The summed E-state index contributed by atoms with van der Waals surface area (Å²) in [7, 11) is 1.66. The molecular formula is C23H29ClN4O4. The van der Waals surface area contributed by atoms with E-state index in [2.05, 4.69) is 10.2 Å². The van der Waals surface area contributed by atoms with Crippen molar-refractivity contribution in [2.24, 2.45) is 5.92 Å². The lowest BCUT2D eigenvalue weighted by Crippen LogP contribution is -2.53. The van der Waals surface area contributed by atoms with Gasteiger partial charge in [-0.25, -0.2) is 9.59 Å². The summed E-state index contributed by atoms with van der Waals surface area (Å²) in [5, 5.41) is 3.43. The van der Waals surface area contributed by atoms with Gasteiger partial charge in [-0.2, -0.15) is 0 Å². The second-order valence-electron chi connectivity index (χ2n) is 8.45. The van der Waals surface area contributed by atoms with E-state index < -0.39 is 12.0 Å². The zero-order chi connectivity index (χ0) is 22.8. The number of urea groups is 1. The van der Waals surface area contributed by atoms with Crippen LogP contribution in [0.5, 0.6) is 0 Å². The van der Waals surface area contributed by atoms with Crippen molar-refractivity contribution in [3.8, 4) is 0 Å². The Kier molecular flexibility index (Phi) is 6.71. The maximum Gasteiger partial charge on any atom is 0.338 e. The molecule has 0 bridgehead atoms. The number of ether oxygens (including phenoxy) is 1. The minimum absolute atomic E-state index is 0.214. The lowest BCUT2D eigenvalue weighted by atomic mass is 9.94. The number of nitrogens with zero attached hydrogens (tertiary/aromatic N) is 3. The van der Waals surface area contributed by atoms with E-state index in [1.807, 2.05) is 11.0 Å². The average Bonchev–Trinajstić information content (AvgIpc) is 3.62. The maximum absolute atomic E-state index is 13.0. The van der Waals surface area contributed by atoms with E-state index in [1.165, 1.54) is 4.90 Å². The molecule has 2 heterocycles. The molecule has 1 saturated heterocycles. The van der Waals surface area contributed by atoms with E-state index in [0.29, 0.717) is 49.0 Å². The number of hydrogen-bond donors (Lipinski definition) is 1. The van der Waals surface area contributed by atoms with Gasteiger partial charge in [-0.3, -0.25) is 14.6 Å². The van der Waals surface area contributed by atoms with Crippen LogP contribution in [0.3, 0.4) is 0 Å². The lowest BCUT2D eigenvalue weighted by Gasteiger charge is -2.39. The molecular weight excluding hydrogens is 432 g/mol. The number of halogens is 1. The molecule has 32 heavy (non-hydrogen) atoms. The lowest BCUT2D eigenvalue weighted by molar-refractivity contribution is -0.139. The standard InChI is InChI=1S/C23H29ClN4O4/c1-3-32-22(30)19-18(14-27-9-11-28(12-10-27)21(29)15-7-8-15)26(2)23(31)25-20(19)16-5-4-6-17(24)13-16/h4-6,13,15,20H,3,7-12,14H2,1-2H3,(H,25,31). The van der Waals surface area contributed by atoms with Crippen molar-refractivity contribution in [2.75, 3.05) is 46.4 Å². The molecule has 1 unspecified atom stereocenters. The van der Waals surface area contributed by atoms with Gasteiger partial charge in [0.05, 0.1) is 18.2 Å². The van der Waals surface area contributed by atoms with Crippen LogP contribution in [0.15, 0.2) is 35.5 Å². The summed E-state index contributed by atoms with van der Waals surface area (Å²) < 4.78 is 5.37. The quantitative estimate of drug-likeness (QED) is 0.659. The number of benzene rings is 1. The van der Waals surface area contributed by atoms with Crippen molar-refractivity contribution in [2.45, 2.75) is 25.8 Å². The van der Waals surface area contributed by atoms with Crippen LogP contribution in [0.25, 0.3) is 0 Å². The Morgan fingerprint density at radius 1 is 1.19 bits per heavy atom. The first-order valence-electron chi connectivity index (χ1n) is 11.1. The molecule has 1 N–H and O–H groups in total. The molecule has 0 aromatic heterocycles. The first kappa shape index (κ1) is 22.6. The highest BCUT2D eigenvalue weighted by Crippen LogP contribution is 2.33. The van der Waals surface area contributed by atoms with Crippen LogP contribution in [0.2, 0.25) is 5.02 Å². The van der Waals surface area contributed by atoms with Crippen molar-refractivity contribution >= 4 is 29.5 Å². The topological polar surface area (TPSA) is 82.2 Å². The Labute approximate surface area is 193 Å². The van der Waals surface area contributed by atoms with Crippen LogP contribution >= 0.6 is 11.6 Å². The van der Waals surface area contributed by atoms with E-state index in [0.717, 1.165) is 18.4 Å². The summed E-state index contributed by atoms with van der Waals surface area (Å²) >= 11 is 6.18. The highest BCUT2D eigenvalue weighted by molar-refractivity contribution is 6.30. The molecule has 1 saturated carbocycles. The number of nitrogens with one attached hydrogen (secondary N) is 1. The number of carbonyl (C=O) groups is 3. The van der Waals surface area contributed by atoms with E-state index in [-0.39, 0.29) is 24.5 Å². The monoisotopic (exact) mass is 460 g/mol. The van der Waals surface area contributed by atoms with Crippen LogP contribution in [0, 0.1) is 5.92 Å². The molecule has 2 aliphatic heterocycles. The molecule has 3 aliphatic rings. The van der Waals surface area contributed by atoms with Crippen LogP contribution in [-0.4, -0.2) is 79.0 Å². The van der Waals surface area contributed by atoms with Gasteiger partial charge in [-0.15, -0.1) is 0 Å². The van der Waals surface area contributed by atoms with Gasteiger partial charge in [0.1, 0.15) is 0 Å². The number of carbonyl (C=O) groups excluding carboxylic acids is 3. The van der Waals surface area contributed by atoms with E-state index in [4.69, 9.17) is 16.3 Å². The van der Waals surface area contributed by atoms with Crippen molar-refractivity contribution < 1.29 is 19.1 Å². The average molecular weight is 461 g/mol. The van der Waals surface area contributed by atoms with E-state index >= 15 is 0 Å². The van der Waals surface area contributed by atoms with Crippen molar-refractivity contribution in [3.05, 3.63) is 46.1 Å². The largest absolute Gasteiger partial charge is 0.463 e. The van der Waals surface area contributed by atoms with Gasteiger partial charge in [0.25, 0.3) is 0 Å². The Bertz CT molecular complexity index is 938. The summed E-state index contributed by atoms with van der Waals surface area (Å²) in [4.78, 5) is 43.8. The van der Waals surface area contributed by atoms with Gasteiger partial charge in [-0.05, 0) is 37.5 Å². The van der Waals surface area contributed by atoms with Crippen LogP contribution in [-0.2, 0) is 14.3 Å². The van der Waals surface area contributed by atoms with Gasteiger partial charge in [0.15, 0.2) is 0 Å². The first-order chi connectivity index (χ1) is 15.4. The third kappa shape index (κ3) is 4.76. The number of esters is 1. The number of hydrogen-bond acceptors (Lipinski definition) is 5. The van der Waals surface area contributed by atoms with Crippen molar-refractivity contribution in [1.29, 1.82) is 0 Å². The maximum atomic E-state index is 13.0. The number of amides is 3. The molecule has 1 aromatic rings. The molecule has 0 spiro atoms. The van der Waals surface area contributed by atoms with Crippen LogP contribution < -0.4 is 5.32 Å².